The Kier molecular flexibility index (Phi) is 7.51. The third kappa shape index (κ3) is 6.62. The molecule has 12 heavy (non-hydrogen) atoms. The maximum Gasteiger partial charge on any atom is 0.151 e. The molecule has 2 heteroatoms. The summed E-state index contributed by atoms with van der Waals surface area (Å²) in [4.78, 5) is 0. The van der Waals surface area contributed by atoms with E-state index in [9.17, 15) is 0 Å². The summed E-state index contributed by atoms with van der Waals surface area (Å²) < 4.78 is 0. The molecule has 0 aromatic heterocycles. The Morgan fingerprint density at radius 1 is 0.917 bits per heavy atom. The number of aliphatic hydroxyl groups is 2. The van der Waals surface area contributed by atoms with Crippen LogP contribution < -0.4 is 0 Å². The van der Waals surface area contributed by atoms with Gasteiger partial charge in [0.15, 0.2) is 6.29 Å². The van der Waals surface area contributed by atoms with Crippen LogP contribution in [0.3, 0.4) is 0 Å². The second kappa shape index (κ2) is 7.56. The summed E-state index contributed by atoms with van der Waals surface area (Å²) in [6, 6.07) is 0. The lowest BCUT2D eigenvalue weighted by molar-refractivity contribution is -0.0467. The minimum atomic E-state index is -1.10. The van der Waals surface area contributed by atoms with Crippen LogP contribution in [0.5, 0.6) is 0 Å². The summed E-state index contributed by atoms with van der Waals surface area (Å²) in [5.74, 6) is 0.834. The molecule has 0 saturated heterocycles. The number of aliphatic hydroxyl groups excluding tert-OH is 1. The fourth-order valence-corrected chi connectivity index (χ4v) is 1.46. The van der Waals surface area contributed by atoms with Crippen LogP contribution in [0.1, 0.15) is 52.4 Å². The topological polar surface area (TPSA) is 40.5 Å². The van der Waals surface area contributed by atoms with E-state index in [1.165, 1.54) is 19.3 Å². The van der Waals surface area contributed by atoms with Crippen molar-refractivity contribution in [2.45, 2.75) is 58.7 Å². The highest BCUT2D eigenvalue weighted by molar-refractivity contribution is 4.55. The van der Waals surface area contributed by atoms with Gasteiger partial charge in [0, 0.05) is 0 Å². The zero-order valence-corrected chi connectivity index (χ0v) is 8.29. The van der Waals surface area contributed by atoms with Crippen molar-refractivity contribution in [3.8, 4) is 0 Å². The molecule has 0 aromatic carbocycles. The number of hydrogen-bond acceptors (Lipinski definition) is 2. The second-order valence-electron chi connectivity index (χ2n) is 3.45. The van der Waals surface area contributed by atoms with Crippen LogP contribution in [-0.4, -0.2) is 16.5 Å². The van der Waals surface area contributed by atoms with Crippen molar-refractivity contribution in [1.29, 1.82) is 0 Å². The van der Waals surface area contributed by atoms with Gasteiger partial charge in [-0.15, -0.1) is 0 Å². The van der Waals surface area contributed by atoms with Crippen molar-refractivity contribution in [3.63, 3.8) is 0 Å². The molecule has 2 nitrogen and oxygen atoms in total. The predicted molar refractivity (Wildman–Crippen MR) is 50.8 cm³/mol. The van der Waals surface area contributed by atoms with E-state index in [4.69, 9.17) is 10.2 Å². The summed E-state index contributed by atoms with van der Waals surface area (Å²) in [6.45, 7) is 4.43. The minimum absolute atomic E-state index is 0.528. The SMILES string of the molecule is CCC(CC)CCCCC(O)O. The van der Waals surface area contributed by atoms with Crippen LogP contribution in [0.4, 0.5) is 0 Å². The van der Waals surface area contributed by atoms with Crippen molar-refractivity contribution in [2.75, 3.05) is 0 Å². The molecule has 0 aliphatic rings. The third-order valence-electron chi connectivity index (χ3n) is 2.48. The molecule has 0 bridgehead atoms. The molecule has 2 N–H and O–H groups in total. The summed E-state index contributed by atoms with van der Waals surface area (Å²) >= 11 is 0. The van der Waals surface area contributed by atoms with E-state index >= 15 is 0 Å². The average Bonchev–Trinajstić information content (AvgIpc) is 2.04. The first-order valence-electron chi connectivity index (χ1n) is 5.06. The van der Waals surface area contributed by atoms with Crippen molar-refractivity contribution >= 4 is 0 Å². The number of unbranched alkanes of at least 4 members (excludes halogenated alkanes) is 1. The largest absolute Gasteiger partial charge is 0.368 e. The van der Waals surface area contributed by atoms with Crippen molar-refractivity contribution in [2.24, 2.45) is 5.92 Å². The molecule has 0 aliphatic carbocycles. The highest BCUT2D eigenvalue weighted by Gasteiger charge is 2.03. The van der Waals surface area contributed by atoms with E-state index < -0.39 is 6.29 Å². The summed E-state index contributed by atoms with van der Waals surface area (Å²) in [7, 11) is 0. The molecule has 0 aromatic rings. The Balaban J connectivity index is 3.17. The monoisotopic (exact) mass is 174 g/mol. The first-order valence-corrected chi connectivity index (χ1v) is 5.06. The average molecular weight is 174 g/mol. The van der Waals surface area contributed by atoms with Crippen molar-refractivity contribution < 1.29 is 10.2 Å². The van der Waals surface area contributed by atoms with E-state index in [2.05, 4.69) is 13.8 Å². The maximum absolute atomic E-state index is 8.59. The normalized spacial score (nSPS) is 11.5. The number of hydrogen-bond donors (Lipinski definition) is 2. The standard InChI is InChI=1S/C10H22O2/c1-3-9(4-2)7-5-6-8-10(11)12/h9-12H,3-8H2,1-2H3. The first kappa shape index (κ1) is 11.9. The molecule has 0 atom stereocenters. The maximum atomic E-state index is 8.59. The molecular formula is C10H22O2. The van der Waals surface area contributed by atoms with Gasteiger partial charge in [0.2, 0.25) is 0 Å². The van der Waals surface area contributed by atoms with Crippen LogP contribution in [0, 0.1) is 5.92 Å². The molecule has 0 amide bonds. The van der Waals surface area contributed by atoms with Crippen molar-refractivity contribution in [3.05, 3.63) is 0 Å². The van der Waals surface area contributed by atoms with Gasteiger partial charge in [0.1, 0.15) is 0 Å². The molecule has 0 spiro atoms. The molecule has 0 saturated carbocycles. The van der Waals surface area contributed by atoms with E-state index in [1.54, 1.807) is 0 Å². The summed E-state index contributed by atoms with van der Waals surface area (Å²) in [5, 5.41) is 17.2. The molecule has 0 unspecified atom stereocenters. The molecule has 0 rings (SSSR count). The fraction of sp³-hybridized carbons (Fsp3) is 1.00. The predicted octanol–water partition coefficient (Wildman–Crippen LogP) is 2.29. The second-order valence-corrected chi connectivity index (χ2v) is 3.45. The molecular weight excluding hydrogens is 152 g/mol. The van der Waals surface area contributed by atoms with Gasteiger partial charge in [-0.05, 0) is 18.8 Å². The Hall–Kier alpha value is -0.0800. The van der Waals surface area contributed by atoms with Crippen LogP contribution in [0.25, 0.3) is 0 Å². The third-order valence-corrected chi connectivity index (χ3v) is 2.48. The first-order chi connectivity index (χ1) is 5.70. The van der Waals surface area contributed by atoms with E-state index in [-0.39, 0.29) is 0 Å². The Morgan fingerprint density at radius 2 is 1.42 bits per heavy atom. The van der Waals surface area contributed by atoms with Crippen LogP contribution in [0.15, 0.2) is 0 Å². The lowest BCUT2D eigenvalue weighted by Crippen LogP contribution is -2.04. The Morgan fingerprint density at radius 3 is 1.83 bits per heavy atom. The van der Waals surface area contributed by atoms with Gasteiger partial charge in [-0.25, -0.2) is 0 Å². The fourth-order valence-electron chi connectivity index (χ4n) is 1.46. The summed E-state index contributed by atoms with van der Waals surface area (Å²) in [5.41, 5.74) is 0. The smallest absolute Gasteiger partial charge is 0.151 e. The Bertz CT molecular complexity index is 87.8. The van der Waals surface area contributed by atoms with Crippen molar-refractivity contribution in [1.82, 2.24) is 0 Å². The van der Waals surface area contributed by atoms with E-state index in [0.29, 0.717) is 6.42 Å². The van der Waals surface area contributed by atoms with Gasteiger partial charge in [0.05, 0.1) is 0 Å². The van der Waals surface area contributed by atoms with Crippen LogP contribution in [-0.2, 0) is 0 Å². The number of rotatable bonds is 7. The highest BCUT2D eigenvalue weighted by Crippen LogP contribution is 2.16. The molecule has 0 heterocycles. The zero-order valence-electron chi connectivity index (χ0n) is 8.29. The van der Waals surface area contributed by atoms with E-state index in [0.717, 1.165) is 18.8 Å². The summed E-state index contributed by atoms with van der Waals surface area (Å²) in [6.07, 6.45) is 5.22. The lowest BCUT2D eigenvalue weighted by Gasteiger charge is -2.11. The van der Waals surface area contributed by atoms with Gasteiger partial charge in [-0.1, -0.05) is 39.5 Å². The van der Waals surface area contributed by atoms with Crippen LogP contribution >= 0.6 is 0 Å². The molecule has 0 fully saturated rings. The van der Waals surface area contributed by atoms with Gasteiger partial charge >= 0.3 is 0 Å². The Labute approximate surface area is 75.6 Å². The highest BCUT2D eigenvalue weighted by atomic mass is 16.5. The van der Waals surface area contributed by atoms with Crippen LogP contribution in [0.2, 0.25) is 0 Å². The molecule has 0 aliphatic heterocycles. The molecule has 74 valence electrons. The zero-order chi connectivity index (χ0) is 9.40. The minimum Gasteiger partial charge on any atom is -0.368 e. The molecule has 0 radical (unpaired) electrons. The van der Waals surface area contributed by atoms with Gasteiger partial charge in [0.25, 0.3) is 0 Å². The van der Waals surface area contributed by atoms with Gasteiger partial charge < -0.3 is 10.2 Å². The van der Waals surface area contributed by atoms with E-state index in [1.807, 2.05) is 0 Å². The quantitative estimate of drug-likeness (QED) is 0.459. The van der Waals surface area contributed by atoms with Gasteiger partial charge in [-0.3, -0.25) is 0 Å². The van der Waals surface area contributed by atoms with Gasteiger partial charge in [-0.2, -0.15) is 0 Å². The lowest BCUT2D eigenvalue weighted by atomic mass is 9.96.